The van der Waals surface area contributed by atoms with Crippen molar-refractivity contribution in [1.82, 2.24) is 10.2 Å². The standard InChI is InChI=1S/C15H15ClN2O3/c1-3-9-11(4-2)17-18-14(13(9)15(19)20)21-12-8-6-5-7-10(12)16/h5-8H,3-4H2,1-2H3,(H,19,20). The van der Waals surface area contributed by atoms with Crippen molar-refractivity contribution in [3.8, 4) is 11.6 Å². The lowest BCUT2D eigenvalue weighted by atomic mass is 10.0. The summed E-state index contributed by atoms with van der Waals surface area (Å²) in [7, 11) is 0. The van der Waals surface area contributed by atoms with Gasteiger partial charge in [-0.1, -0.05) is 37.6 Å². The number of carboxylic acids is 1. The number of benzene rings is 1. The van der Waals surface area contributed by atoms with E-state index < -0.39 is 5.97 Å². The van der Waals surface area contributed by atoms with Gasteiger partial charge in [-0.15, -0.1) is 5.10 Å². The number of hydrogen-bond donors (Lipinski definition) is 1. The van der Waals surface area contributed by atoms with Gasteiger partial charge in [0.2, 0.25) is 0 Å². The molecule has 1 aromatic carbocycles. The summed E-state index contributed by atoms with van der Waals surface area (Å²) < 4.78 is 5.56. The van der Waals surface area contributed by atoms with Crippen molar-refractivity contribution in [1.29, 1.82) is 0 Å². The normalized spacial score (nSPS) is 10.4. The molecule has 21 heavy (non-hydrogen) atoms. The zero-order chi connectivity index (χ0) is 15.4. The Balaban J connectivity index is 2.54. The monoisotopic (exact) mass is 306 g/mol. The second-order valence-corrected chi connectivity index (χ2v) is 4.76. The van der Waals surface area contributed by atoms with Gasteiger partial charge < -0.3 is 9.84 Å². The number of halogens is 1. The molecule has 0 saturated carbocycles. The molecule has 0 fully saturated rings. The van der Waals surface area contributed by atoms with Crippen LogP contribution in [0.1, 0.15) is 35.5 Å². The van der Waals surface area contributed by atoms with Crippen molar-refractivity contribution in [2.75, 3.05) is 0 Å². The third-order valence-corrected chi connectivity index (χ3v) is 3.38. The first kappa shape index (κ1) is 15.3. The van der Waals surface area contributed by atoms with E-state index in [1.165, 1.54) is 0 Å². The molecule has 6 heteroatoms. The third kappa shape index (κ3) is 3.13. The molecule has 1 N–H and O–H groups in total. The summed E-state index contributed by atoms with van der Waals surface area (Å²) in [5, 5.41) is 17.8. The van der Waals surface area contributed by atoms with E-state index in [-0.39, 0.29) is 11.4 Å². The second-order valence-electron chi connectivity index (χ2n) is 4.35. The maximum atomic E-state index is 11.6. The van der Waals surface area contributed by atoms with Crippen LogP contribution in [0.2, 0.25) is 5.02 Å². The molecule has 0 unspecified atom stereocenters. The molecule has 2 rings (SSSR count). The predicted octanol–water partition coefficient (Wildman–Crippen LogP) is 3.75. The number of aromatic carboxylic acids is 1. The van der Waals surface area contributed by atoms with Crippen LogP contribution in [0.4, 0.5) is 0 Å². The van der Waals surface area contributed by atoms with Gasteiger partial charge in [0, 0.05) is 0 Å². The minimum Gasteiger partial charge on any atom is -0.477 e. The number of ether oxygens (including phenoxy) is 1. The Hall–Kier alpha value is -2.14. The SMILES string of the molecule is CCc1nnc(Oc2ccccc2Cl)c(C(=O)O)c1CC. The van der Waals surface area contributed by atoms with Crippen molar-refractivity contribution in [2.45, 2.75) is 26.7 Å². The Morgan fingerprint density at radius 2 is 1.95 bits per heavy atom. The van der Waals surface area contributed by atoms with E-state index >= 15 is 0 Å². The van der Waals surface area contributed by atoms with Gasteiger partial charge in [-0.3, -0.25) is 0 Å². The molecule has 5 nitrogen and oxygen atoms in total. The quantitative estimate of drug-likeness (QED) is 0.911. The summed E-state index contributed by atoms with van der Waals surface area (Å²) in [4.78, 5) is 11.6. The summed E-state index contributed by atoms with van der Waals surface area (Å²) in [6.07, 6.45) is 1.15. The Labute approximate surface area is 127 Å². The molecule has 0 bridgehead atoms. The van der Waals surface area contributed by atoms with Crippen molar-refractivity contribution in [2.24, 2.45) is 0 Å². The number of para-hydroxylation sites is 1. The molecule has 0 amide bonds. The first-order valence-corrected chi connectivity index (χ1v) is 7.00. The minimum absolute atomic E-state index is 0.0374. The summed E-state index contributed by atoms with van der Waals surface area (Å²) in [5.41, 5.74) is 1.35. The molecule has 0 aliphatic rings. The number of aryl methyl sites for hydroxylation is 1. The van der Waals surface area contributed by atoms with E-state index in [1.807, 2.05) is 13.8 Å². The number of aromatic nitrogens is 2. The van der Waals surface area contributed by atoms with Gasteiger partial charge in [-0.05, 0) is 30.5 Å². The van der Waals surface area contributed by atoms with E-state index in [2.05, 4.69) is 10.2 Å². The third-order valence-electron chi connectivity index (χ3n) is 3.07. The molecular formula is C15H15ClN2O3. The van der Waals surface area contributed by atoms with E-state index in [0.717, 1.165) is 0 Å². The van der Waals surface area contributed by atoms with Crippen LogP contribution in [0.15, 0.2) is 24.3 Å². The number of rotatable bonds is 5. The van der Waals surface area contributed by atoms with Crippen LogP contribution in [0.3, 0.4) is 0 Å². The van der Waals surface area contributed by atoms with Crippen LogP contribution >= 0.6 is 11.6 Å². The molecular weight excluding hydrogens is 292 g/mol. The molecule has 2 aromatic rings. The van der Waals surface area contributed by atoms with E-state index in [1.54, 1.807) is 24.3 Å². The minimum atomic E-state index is -1.08. The van der Waals surface area contributed by atoms with Crippen molar-refractivity contribution in [3.05, 3.63) is 46.1 Å². The molecule has 110 valence electrons. The highest BCUT2D eigenvalue weighted by Gasteiger charge is 2.22. The fraction of sp³-hybridized carbons (Fsp3) is 0.267. The predicted molar refractivity (Wildman–Crippen MR) is 79.3 cm³/mol. The summed E-state index contributed by atoms with van der Waals surface area (Å²) in [5.74, 6) is -0.773. The highest BCUT2D eigenvalue weighted by Crippen LogP contribution is 2.31. The largest absolute Gasteiger partial charge is 0.477 e. The topological polar surface area (TPSA) is 72.3 Å². The number of hydrogen-bond acceptors (Lipinski definition) is 4. The average Bonchev–Trinajstić information content (AvgIpc) is 2.48. The van der Waals surface area contributed by atoms with Gasteiger partial charge in [0.05, 0.1) is 10.7 Å². The van der Waals surface area contributed by atoms with Gasteiger partial charge in [0.15, 0.2) is 0 Å². The summed E-state index contributed by atoms with van der Waals surface area (Å²) in [6, 6.07) is 6.81. The molecule has 1 heterocycles. The Morgan fingerprint density at radius 1 is 1.24 bits per heavy atom. The fourth-order valence-electron chi connectivity index (χ4n) is 2.08. The molecule has 0 saturated heterocycles. The highest BCUT2D eigenvalue weighted by molar-refractivity contribution is 6.32. The van der Waals surface area contributed by atoms with E-state index in [0.29, 0.717) is 34.9 Å². The van der Waals surface area contributed by atoms with Crippen molar-refractivity contribution >= 4 is 17.6 Å². The first-order valence-electron chi connectivity index (χ1n) is 6.62. The molecule has 0 aliphatic heterocycles. The highest BCUT2D eigenvalue weighted by atomic mass is 35.5. The molecule has 0 aliphatic carbocycles. The second kappa shape index (κ2) is 6.54. The van der Waals surface area contributed by atoms with Crippen molar-refractivity contribution in [3.63, 3.8) is 0 Å². The van der Waals surface area contributed by atoms with Crippen LogP contribution < -0.4 is 4.74 Å². The van der Waals surface area contributed by atoms with Gasteiger partial charge in [0.1, 0.15) is 11.3 Å². The number of carbonyl (C=O) groups is 1. The van der Waals surface area contributed by atoms with Crippen LogP contribution in [-0.2, 0) is 12.8 Å². The van der Waals surface area contributed by atoms with E-state index in [4.69, 9.17) is 16.3 Å². The number of nitrogens with zero attached hydrogens (tertiary/aromatic N) is 2. The van der Waals surface area contributed by atoms with Crippen LogP contribution in [0.25, 0.3) is 0 Å². The lowest BCUT2D eigenvalue weighted by Gasteiger charge is -2.13. The first-order chi connectivity index (χ1) is 10.1. The zero-order valence-corrected chi connectivity index (χ0v) is 12.5. The summed E-state index contributed by atoms with van der Waals surface area (Å²) >= 11 is 6.02. The molecule has 1 aromatic heterocycles. The van der Waals surface area contributed by atoms with Crippen molar-refractivity contribution < 1.29 is 14.6 Å². The smallest absolute Gasteiger partial charge is 0.341 e. The van der Waals surface area contributed by atoms with Gasteiger partial charge in [-0.25, -0.2) is 4.79 Å². The molecule has 0 atom stereocenters. The van der Waals surface area contributed by atoms with Gasteiger partial charge in [0.25, 0.3) is 5.88 Å². The molecule has 0 radical (unpaired) electrons. The maximum Gasteiger partial charge on any atom is 0.341 e. The van der Waals surface area contributed by atoms with Gasteiger partial charge in [-0.2, -0.15) is 5.10 Å². The Kier molecular flexibility index (Phi) is 4.75. The maximum absolute atomic E-state index is 11.6. The van der Waals surface area contributed by atoms with Crippen LogP contribution in [-0.4, -0.2) is 21.3 Å². The van der Waals surface area contributed by atoms with Gasteiger partial charge >= 0.3 is 5.97 Å². The molecule has 0 spiro atoms. The zero-order valence-electron chi connectivity index (χ0n) is 11.8. The Morgan fingerprint density at radius 3 is 2.52 bits per heavy atom. The number of carboxylic acid groups (broad SMARTS) is 1. The van der Waals surface area contributed by atoms with E-state index in [9.17, 15) is 9.90 Å². The van der Waals surface area contributed by atoms with Crippen LogP contribution in [0.5, 0.6) is 11.6 Å². The lowest BCUT2D eigenvalue weighted by Crippen LogP contribution is -2.11. The van der Waals surface area contributed by atoms with Crippen LogP contribution in [0, 0.1) is 0 Å². The average molecular weight is 307 g/mol. The fourth-order valence-corrected chi connectivity index (χ4v) is 2.25. The Bertz CT molecular complexity index is 674. The lowest BCUT2D eigenvalue weighted by molar-refractivity contribution is 0.0691. The summed E-state index contributed by atoms with van der Waals surface area (Å²) in [6.45, 7) is 3.78.